The summed E-state index contributed by atoms with van der Waals surface area (Å²) in [5.41, 5.74) is 0. The lowest BCUT2D eigenvalue weighted by Gasteiger charge is -1.99. The van der Waals surface area contributed by atoms with Crippen LogP contribution in [0.25, 0.3) is 0 Å². The van der Waals surface area contributed by atoms with Crippen LogP contribution < -0.4 is 0 Å². The van der Waals surface area contributed by atoms with E-state index in [0.29, 0.717) is 0 Å². The molecule has 0 aliphatic rings. The first-order valence-corrected chi connectivity index (χ1v) is 5.56. The average molecular weight is 228 g/mol. The van der Waals surface area contributed by atoms with Gasteiger partial charge in [0.25, 0.3) is 0 Å². The summed E-state index contributed by atoms with van der Waals surface area (Å²) in [6, 6.07) is 7.68. The molecule has 0 atom stereocenters. The Hall–Kier alpha value is -1.31. The molecule has 0 saturated heterocycles. The second kappa shape index (κ2) is 4.27. The molecular formula is C9H6ClNO2S. The van der Waals surface area contributed by atoms with E-state index in [9.17, 15) is 8.42 Å². The Morgan fingerprint density at radius 1 is 1.36 bits per heavy atom. The van der Waals surface area contributed by atoms with Crippen molar-refractivity contribution < 1.29 is 8.42 Å². The van der Waals surface area contributed by atoms with Crippen LogP contribution in [0.1, 0.15) is 0 Å². The molecule has 1 rings (SSSR count). The minimum atomic E-state index is -3.59. The Kier molecular flexibility index (Phi) is 3.28. The zero-order valence-corrected chi connectivity index (χ0v) is 8.59. The quantitative estimate of drug-likeness (QED) is 0.728. The van der Waals surface area contributed by atoms with Crippen molar-refractivity contribution >= 4 is 21.4 Å². The van der Waals surface area contributed by atoms with Gasteiger partial charge in [-0.2, -0.15) is 5.26 Å². The van der Waals surface area contributed by atoms with Gasteiger partial charge in [0.15, 0.2) is 0 Å². The summed E-state index contributed by atoms with van der Waals surface area (Å²) < 4.78 is 23.0. The van der Waals surface area contributed by atoms with E-state index in [1.165, 1.54) is 12.1 Å². The summed E-state index contributed by atoms with van der Waals surface area (Å²) >= 11 is 5.69. The van der Waals surface area contributed by atoms with Crippen LogP contribution in [-0.2, 0) is 9.84 Å². The van der Waals surface area contributed by atoms with E-state index < -0.39 is 9.84 Å². The lowest BCUT2D eigenvalue weighted by Crippen LogP contribution is -1.96. The van der Waals surface area contributed by atoms with Crippen molar-refractivity contribution in [2.45, 2.75) is 4.90 Å². The molecule has 0 N–H and O–H groups in total. The summed E-state index contributed by atoms with van der Waals surface area (Å²) in [4.78, 5) is 0.00756. The number of hydrogen-bond acceptors (Lipinski definition) is 3. The van der Waals surface area contributed by atoms with Gasteiger partial charge in [-0.1, -0.05) is 23.7 Å². The number of allylic oxidation sites excluding steroid dienone is 1. The summed E-state index contributed by atoms with van der Waals surface area (Å²) in [5, 5.41) is 9.19. The van der Waals surface area contributed by atoms with Gasteiger partial charge < -0.3 is 0 Å². The maximum atomic E-state index is 11.5. The Labute approximate surface area is 87.2 Å². The van der Waals surface area contributed by atoms with Crippen LogP contribution in [0, 0.1) is 11.3 Å². The van der Waals surface area contributed by atoms with Gasteiger partial charge in [0.1, 0.15) is 0 Å². The fraction of sp³-hybridized carbons (Fsp3) is 0. The van der Waals surface area contributed by atoms with Gasteiger partial charge in [0.05, 0.1) is 16.0 Å². The normalized spacial score (nSPS) is 11.4. The first-order valence-electron chi connectivity index (χ1n) is 3.64. The third-order valence-electron chi connectivity index (χ3n) is 1.46. The molecule has 0 aliphatic heterocycles. The highest BCUT2D eigenvalue weighted by molar-refractivity contribution is 7.94. The highest BCUT2D eigenvalue weighted by Gasteiger charge is 2.13. The van der Waals surface area contributed by atoms with Gasteiger partial charge in [-0.05, 0) is 12.1 Å². The molecule has 0 bridgehead atoms. The molecule has 0 amide bonds. The number of sulfone groups is 1. The molecular weight excluding hydrogens is 222 g/mol. The van der Waals surface area contributed by atoms with Crippen molar-refractivity contribution in [3.8, 4) is 6.07 Å². The molecule has 3 nitrogen and oxygen atoms in total. The monoisotopic (exact) mass is 227 g/mol. The van der Waals surface area contributed by atoms with E-state index >= 15 is 0 Å². The molecule has 1 aromatic carbocycles. The van der Waals surface area contributed by atoms with Crippen molar-refractivity contribution in [1.82, 2.24) is 0 Å². The van der Waals surface area contributed by atoms with Crippen LogP contribution in [0.15, 0.2) is 40.6 Å². The number of halogens is 1. The summed E-state index contributed by atoms with van der Waals surface area (Å²) in [5.74, 6) is 0. The molecule has 1 aromatic rings. The smallest absolute Gasteiger partial charge is 0.201 e. The second-order valence-corrected chi connectivity index (χ2v) is 4.62. The highest BCUT2D eigenvalue weighted by atomic mass is 35.5. The third kappa shape index (κ3) is 2.34. The summed E-state index contributed by atoms with van der Waals surface area (Å²) in [6.45, 7) is 0. The van der Waals surface area contributed by atoms with Gasteiger partial charge in [-0.25, -0.2) is 8.42 Å². The highest BCUT2D eigenvalue weighted by Crippen LogP contribution is 2.22. The Bertz CT molecular complexity index is 500. The number of benzene rings is 1. The number of nitriles is 1. The van der Waals surface area contributed by atoms with E-state index in [-0.39, 0.29) is 9.92 Å². The molecule has 72 valence electrons. The number of hydrogen-bond donors (Lipinski definition) is 0. The van der Waals surface area contributed by atoms with Crippen LogP contribution in [0.2, 0.25) is 5.02 Å². The standard InChI is InChI=1S/C9H6ClNO2S/c10-8-4-1-2-5-9(8)14(12,13)7-3-6-11/h1-5,7H. The molecule has 0 radical (unpaired) electrons. The molecule has 14 heavy (non-hydrogen) atoms. The lowest BCUT2D eigenvalue weighted by molar-refractivity contribution is 0.604. The summed E-state index contributed by atoms with van der Waals surface area (Å²) in [6.07, 6.45) is 0.901. The summed E-state index contributed by atoms with van der Waals surface area (Å²) in [7, 11) is -3.59. The SMILES string of the molecule is N#CC=CS(=O)(=O)c1ccccc1Cl. The topological polar surface area (TPSA) is 57.9 Å². The molecule has 0 aromatic heterocycles. The van der Waals surface area contributed by atoms with E-state index in [1.807, 2.05) is 0 Å². The first kappa shape index (κ1) is 10.8. The van der Waals surface area contributed by atoms with Gasteiger partial charge in [0.2, 0.25) is 9.84 Å². The molecule has 0 spiro atoms. The molecule has 0 fully saturated rings. The largest absolute Gasteiger partial charge is 0.219 e. The Morgan fingerprint density at radius 2 is 2.00 bits per heavy atom. The van der Waals surface area contributed by atoms with Crippen molar-refractivity contribution in [3.05, 3.63) is 40.8 Å². The van der Waals surface area contributed by atoms with Crippen LogP contribution in [0.5, 0.6) is 0 Å². The third-order valence-corrected chi connectivity index (χ3v) is 3.37. The zero-order chi connectivity index (χ0) is 10.6. The van der Waals surface area contributed by atoms with Crippen LogP contribution in [-0.4, -0.2) is 8.42 Å². The first-order chi connectivity index (χ1) is 6.58. The second-order valence-electron chi connectivity index (χ2n) is 2.41. The van der Waals surface area contributed by atoms with Gasteiger partial charge in [0, 0.05) is 11.5 Å². The maximum Gasteiger partial charge on any atom is 0.201 e. The molecule has 5 heteroatoms. The zero-order valence-electron chi connectivity index (χ0n) is 7.01. The van der Waals surface area contributed by atoms with Crippen molar-refractivity contribution in [3.63, 3.8) is 0 Å². The van der Waals surface area contributed by atoms with Gasteiger partial charge in [-0.15, -0.1) is 0 Å². The van der Waals surface area contributed by atoms with Crippen LogP contribution >= 0.6 is 11.6 Å². The Morgan fingerprint density at radius 3 is 2.57 bits per heavy atom. The molecule has 0 aliphatic carbocycles. The van der Waals surface area contributed by atoms with E-state index in [2.05, 4.69) is 0 Å². The predicted molar refractivity (Wildman–Crippen MR) is 53.4 cm³/mol. The minimum Gasteiger partial charge on any atom is -0.219 e. The van der Waals surface area contributed by atoms with Crippen molar-refractivity contribution in [1.29, 1.82) is 5.26 Å². The van der Waals surface area contributed by atoms with Crippen LogP contribution in [0.3, 0.4) is 0 Å². The fourth-order valence-corrected chi connectivity index (χ4v) is 2.32. The number of nitrogens with zero attached hydrogens (tertiary/aromatic N) is 1. The Balaban J connectivity index is 3.26. The van der Waals surface area contributed by atoms with Crippen molar-refractivity contribution in [2.75, 3.05) is 0 Å². The minimum absolute atomic E-state index is 0.00756. The van der Waals surface area contributed by atoms with Crippen molar-refractivity contribution in [2.24, 2.45) is 0 Å². The molecule has 0 heterocycles. The van der Waals surface area contributed by atoms with Gasteiger partial charge >= 0.3 is 0 Å². The van der Waals surface area contributed by atoms with E-state index in [1.54, 1.807) is 18.2 Å². The lowest BCUT2D eigenvalue weighted by atomic mass is 10.4. The van der Waals surface area contributed by atoms with Gasteiger partial charge in [-0.3, -0.25) is 0 Å². The predicted octanol–water partition coefficient (Wildman–Crippen LogP) is 2.15. The van der Waals surface area contributed by atoms with E-state index in [4.69, 9.17) is 16.9 Å². The van der Waals surface area contributed by atoms with Crippen LogP contribution in [0.4, 0.5) is 0 Å². The number of rotatable bonds is 2. The molecule has 0 unspecified atom stereocenters. The average Bonchev–Trinajstić information content (AvgIpc) is 2.15. The molecule has 0 saturated carbocycles. The van der Waals surface area contributed by atoms with E-state index in [0.717, 1.165) is 11.5 Å². The maximum absolute atomic E-state index is 11.5. The fourth-order valence-electron chi connectivity index (χ4n) is 0.869.